The third-order valence-corrected chi connectivity index (χ3v) is 5.70. The number of carbonyl (C=O) groups excluding carboxylic acids is 4. The minimum atomic E-state index is -1.42. The quantitative estimate of drug-likeness (QED) is 0.0413. The Labute approximate surface area is 226 Å². The van der Waals surface area contributed by atoms with Gasteiger partial charge >= 0.3 is 5.97 Å². The number of carbonyl (C=O) groups is 5. The van der Waals surface area contributed by atoms with E-state index in [9.17, 15) is 29.1 Å². The maximum Gasteiger partial charge on any atom is 0.326 e. The Morgan fingerprint density at radius 1 is 0.769 bits per heavy atom. The van der Waals surface area contributed by atoms with E-state index < -0.39 is 66.1 Å². The van der Waals surface area contributed by atoms with Gasteiger partial charge in [-0.25, -0.2) is 4.79 Å². The first-order valence-corrected chi connectivity index (χ1v) is 12.5. The van der Waals surface area contributed by atoms with Crippen molar-refractivity contribution in [2.75, 3.05) is 13.1 Å². The highest BCUT2D eigenvalue weighted by atomic mass is 16.4. The second kappa shape index (κ2) is 18.2. The Morgan fingerprint density at radius 3 is 1.74 bits per heavy atom. The molecule has 0 aliphatic carbocycles. The zero-order chi connectivity index (χ0) is 30.1. The van der Waals surface area contributed by atoms with E-state index in [1.54, 1.807) is 13.8 Å². The summed E-state index contributed by atoms with van der Waals surface area (Å²) >= 11 is 0. The van der Waals surface area contributed by atoms with Crippen molar-refractivity contribution in [3.05, 3.63) is 0 Å². The standard InChI is InChI=1S/C22H43N11O6/c1-3-11(2)16(19(37)31-13(20(38)39)7-5-9-30-22(27)28)33-18(36)14(10-15(24)34)32-17(35)12(23)6-4-8-29-21(25)26/h11-14,16H,3-10,23H2,1-2H3,(H2,24,34)(H,31,37)(H,32,35)(H,33,36)(H,38,39)(H4,25,26,29)(H4,27,28,30). The lowest BCUT2D eigenvalue weighted by atomic mass is 9.97. The summed E-state index contributed by atoms with van der Waals surface area (Å²) in [5.74, 6) is -5.20. The van der Waals surface area contributed by atoms with Gasteiger partial charge in [0.1, 0.15) is 18.1 Å². The normalized spacial score (nSPS) is 14.4. The fourth-order valence-electron chi connectivity index (χ4n) is 3.32. The molecule has 16 N–H and O–H groups in total. The zero-order valence-corrected chi connectivity index (χ0v) is 22.4. The Kier molecular flexibility index (Phi) is 16.2. The van der Waals surface area contributed by atoms with E-state index in [0.29, 0.717) is 12.8 Å². The lowest BCUT2D eigenvalue weighted by molar-refractivity contribution is -0.143. The van der Waals surface area contributed by atoms with E-state index in [2.05, 4.69) is 25.9 Å². The van der Waals surface area contributed by atoms with Crippen molar-refractivity contribution >= 4 is 41.5 Å². The maximum absolute atomic E-state index is 13.0. The molecule has 0 saturated carbocycles. The summed E-state index contributed by atoms with van der Waals surface area (Å²) in [4.78, 5) is 69.4. The summed E-state index contributed by atoms with van der Waals surface area (Å²) < 4.78 is 0. The van der Waals surface area contributed by atoms with Crippen LogP contribution in [0, 0.1) is 5.92 Å². The number of aliphatic imine (C=N–C) groups is 2. The molecule has 17 heteroatoms. The van der Waals surface area contributed by atoms with E-state index in [4.69, 9.17) is 34.4 Å². The van der Waals surface area contributed by atoms with Crippen LogP contribution in [0.2, 0.25) is 0 Å². The summed E-state index contributed by atoms with van der Waals surface area (Å²) in [7, 11) is 0. The third-order valence-electron chi connectivity index (χ3n) is 5.70. The number of nitrogens with one attached hydrogen (secondary N) is 3. The Balaban J connectivity index is 5.47. The number of carboxylic acids is 1. The van der Waals surface area contributed by atoms with Gasteiger partial charge in [0.15, 0.2) is 11.9 Å². The molecule has 222 valence electrons. The number of carboxylic acid groups (broad SMARTS) is 1. The number of amides is 4. The summed E-state index contributed by atoms with van der Waals surface area (Å²) in [6, 6.07) is -4.91. The van der Waals surface area contributed by atoms with Gasteiger partial charge in [-0.2, -0.15) is 0 Å². The second-order valence-corrected chi connectivity index (χ2v) is 9.01. The summed E-state index contributed by atoms with van der Waals surface area (Å²) in [6.45, 7) is 3.85. The van der Waals surface area contributed by atoms with Crippen LogP contribution in [0.3, 0.4) is 0 Å². The average molecular weight is 558 g/mol. The molecule has 5 unspecified atom stereocenters. The van der Waals surface area contributed by atoms with E-state index in [0.717, 1.165) is 0 Å². The zero-order valence-electron chi connectivity index (χ0n) is 22.4. The molecular weight excluding hydrogens is 514 g/mol. The molecule has 39 heavy (non-hydrogen) atoms. The van der Waals surface area contributed by atoms with Crippen molar-refractivity contribution in [3.63, 3.8) is 0 Å². The van der Waals surface area contributed by atoms with Crippen molar-refractivity contribution < 1.29 is 29.1 Å². The van der Waals surface area contributed by atoms with E-state index in [1.807, 2.05) is 0 Å². The molecule has 0 aliphatic rings. The number of hydrogen-bond acceptors (Lipinski definition) is 8. The number of nitrogens with two attached hydrogens (primary N) is 6. The predicted molar refractivity (Wildman–Crippen MR) is 144 cm³/mol. The molecule has 0 bridgehead atoms. The van der Waals surface area contributed by atoms with Crippen LogP contribution in [-0.4, -0.2) is 83.9 Å². The molecule has 5 atom stereocenters. The molecule has 0 spiro atoms. The topological polar surface area (TPSA) is 323 Å². The molecule has 0 heterocycles. The van der Waals surface area contributed by atoms with Crippen molar-refractivity contribution in [2.24, 2.45) is 50.3 Å². The molecule has 0 saturated heterocycles. The number of rotatable bonds is 19. The van der Waals surface area contributed by atoms with Gasteiger partial charge in [0.2, 0.25) is 23.6 Å². The van der Waals surface area contributed by atoms with Crippen LogP contribution in [0.25, 0.3) is 0 Å². The van der Waals surface area contributed by atoms with Crippen molar-refractivity contribution in [1.29, 1.82) is 0 Å². The van der Waals surface area contributed by atoms with Gasteiger partial charge in [-0.1, -0.05) is 20.3 Å². The Bertz CT molecular complexity index is 903. The van der Waals surface area contributed by atoms with Crippen LogP contribution in [0.5, 0.6) is 0 Å². The Hall–Kier alpha value is -4.15. The third kappa shape index (κ3) is 15.0. The van der Waals surface area contributed by atoms with Crippen LogP contribution < -0.4 is 50.4 Å². The fraction of sp³-hybridized carbons (Fsp3) is 0.682. The fourth-order valence-corrected chi connectivity index (χ4v) is 3.32. The number of aliphatic carboxylic acids is 1. The summed E-state index contributed by atoms with van der Waals surface area (Å²) in [5, 5.41) is 16.8. The molecular formula is C22H43N11O6. The van der Waals surface area contributed by atoms with Gasteiger partial charge in [0.05, 0.1) is 12.5 Å². The average Bonchev–Trinajstić information content (AvgIpc) is 2.84. The van der Waals surface area contributed by atoms with Crippen molar-refractivity contribution in [1.82, 2.24) is 16.0 Å². The second-order valence-electron chi connectivity index (χ2n) is 9.01. The van der Waals surface area contributed by atoms with Gasteiger partial charge in [-0.3, -0.25) is 29.2 Å². The first kappa shape index (κ1) is 34.9. The van der Waals surface area contributed by atoms with Crippen LogP contribution >= 0.6 is 0 Å². The molecule has 0 aromatic carbocycles. The highest BCUT2D eigenvalue weighted by Gasteiger charge is 2.33. The number of hydrogen-bond donors (Lipinski definition) is 10. The highest BCUT2D eigenvalue weighted by Crippen LogP contribution is 2.11. The van der Waals surface area contributed by atoms with E-state index >= 15 is 0 Å². The molecule has 4 amide bonds. The van der Waals surface area contributed by atoms with Gasteiger partial charge in [-0.15, -0.1) is 0 Å². The molecule has 0 radical (unpaired) electrons. The number of nitrogens with zero attached hydrogens (tertiary/aromatic N) is 2. The largest absolute Gasteiger partial charge is 0.480 e. The number of guanidine groups is 2. The smallest absolute Gasteiger partial charge is 0.326 e. The first-order chi connectivity index (χ1) is 18.2. The Morgan fingerprint density at radius 2 is 1.28 bits per heavy atom. The SMILES string of the molecule is CCC(C)C(NC(=O)C(CC(N)=O)NC(=O)C(N)CCCN=C(N)N)C(=O)NC(CCCN=C(N)N)C(=O)O. The van der Waals surface area contributed by atoms with Gasteiger partial charge in [0.25, 0.3) is 0 Å². The monoisotopic (exact) mass is 557 g/mol. The molecule has 0 fully saturated rings. The van der Waals surface area contributed by atoms with Crippen molar-refractivity contribution in [3.8, 4) is 0 Å². The minimum absolute atomic E-state index is 0.0282. The molecule has 0 aliphatic heterocycles. The van der Waals surface area contributed by atoms with Crippen LogP contribution in [0.1, 0.15) is 52.4 Å². The van der Waals surface area contributed by atoms with Crippen LogP contribution in [0.4, 0.5) is 0 Å². The molecule has 0 aromatic heterocycles. The summed E-state index contributed by atoms with van der Waals surface area (Å²) in [6.07, 6.45) is 0.746. The molecule has 17 nitrogen and oxygen atoms in total. The lowest BCUT2D eigenvalue weighted by Crippen LogP contribution is -2.59. The van der Waals surface area contributed by atoms with Crippen LogP contribution in [-0.2, 0) is 24.0 Å². The molecule has 0 aromatic rings. The highest BCUT2D eigenvalue weighted by molar-refractivity contribution is 5.96. The lowest BCUT2D eigenvalue weighted by Gasteiger charge is -2.28. The predicted octanol–water partition coefficient (Wildman–Crippen LogP) is -4.12. The van der Waals surface area contributed by atoms with Gasteiger partial charge in [0, 0.05) is 13.1 Å². The van der Waals surface area contributed by atoms with Gasteiger partial charge < -0.3 is 55.5 Å². The van der Waals surface area contributed by atoms with Crippen LogP contribution in [0.15, 0.2) is 9.98 Å². The maximum atomic E-state index is 13.0. The number of primary amides is 1. The molecule has 0 rings (SSSR count). The minimum Gasteiger partial charge on any atom is -0.480 e. The van der Waals surface area contributed by atoms with Crippen molar-refractivity contribution in [2.45, 2.75) is 76.5 Å². The van der Waals surface area contributed by atoms with Gasteiger partial charge in [-0.05, 0) is 31.6 Å². The van der Waals surface area contributed by atoms with E-state index in [1.165, 1.54) is 0 Å². The van der Waals surface area contributed by atoms with E-state index in [-0.39, 0.29) is 44.3 Å². The first-order valence-electron chi connectivity index (χ1n) is 12.5. The summed E-state index contributed by atoms with van der Waals surface area (Å²) in [5.41, 5.74) is 32.1.